The molecule has 0 bridgehead atoms. The number of rotatable bonds is 8. The third kappa shape index (κ3) is 5.88. The van der Waals surface area contributed by atoms with Gasteiger partial charge in [-0.05, 0) is 38.3 Å². The molecular formula is C12H24N2O4S. The Kier molecular flexibility index (Phi) is 6.74. The van der Waals surface area contributed by atoms with Crippen molar-refractivity contribution in [3.63, 3.8) is 0 Å². The minimum absolute atomic E-state index is 0.0761. The van der Waals surface area contributed by atoms with Gasteiger partial charge in [0.15, 0.2) is 0 Å². The normalized spacial score (nSPS) is 20.6. The van der Waals surface area contributed by atoms with Crippen LogP contribution in [0.2, 0.25) is 0 Å². The maximum absolute atomic E-state index is 12.1. The third-order valence-corrected chi connectivity index (χ3v) is 5.40. The Morgan fingerprint density at radius 2 is 2.21 bits per heavy atom. The molecule has 1 heterocycles. The number of carboxylic acids is 1. The van der Waals surface area contributed by atoms with E-state index in [9.17, 15) is 13.2 Å². The first-order valence-electron chi connectivity index (χ1n) is 6.86. The molecular weight excluding hydrogens is 268 g/mol. The summed E-state index contributed by atoms with van der Waals surface area (Å²) in [6.45, 7) is 4.69. The fourth-order valence-electron chi connectivity index (χ4n) is 2.34. The van der Waals surface area contributed by atoms with Crippen molar-refractivity contribution < 1.29 is 18.3 Å². The van der Waals surface area contributed by atoms with E-state index >= 15 is 0 Å². The van der Waals surface area contributed by atoms with Crippen molar-refractivity contribution in [2.45, 2.75) is 32.6 Å². The zero-order valence-electron chi connectivity index (χ0n) is 11.5. The number of carboxylic acid groups (broad SMARTS) is 1. The number of piperidine rings is 1. The quantitative estimate of drug-likeness (QED) is 0.680. The Hall–Kier alpha value is -0.660. The number of aliphatic carboxylic acids is 1. The van der Waals surface area contributed by atoms with Gasteiger partial charge in [0.1, 0.15) is 0 Å². The number of carbonyl (C=O) groups is 1. The average molecular weight is 292 g/mol. The lowest BCUT2D eigenvalue weighted by Gasteiger charge is -2.28. The summed E-state index contributed by atoms with van der Waals surface area (Å²) in [6.07, 6.45) is 2.22. The Bertz CT molecular complexity index is 377. The van der Waals surface area contributed by atoms with Gasteiger partial charge in [0.2, 0.25) is 10.0 Å². The van der Waals surface area contributed by atoms with Gasteiger partial charge in [-0.3, -0.25) is 4.79 Å². The molecule has 0 aliphatic carbocycles. The molecule has 0 amide bonds. The minimum atomic E-state index is -3.33. The van der Waals surface area contributed by atoms with Crippen LogP contribution in [0.5, 0.6) is 0 Å². The highest BCUT2D eigenvalue weighted by Gasteiger charge is 2.24. The SMILES string of the molecule is CCN(CC1CCCNC1)S(=O)(=O)CCCC(=O)O. The van der Waals surface area contributed by atoms with Gasteiger partial charge >= 0.3 is 5.97 Å². The molecule has 1 atom stereocenters. The molecule has 0 spiro atoms. The maximum atomic E-state index is 12.1. The van der Waals surface area contributed by atoms with E-state index in [0.29, 0.717) is 19.0 Å². The Morgan fingerprint density at radius 3 is 2.74 bits per heavy atom. The van der Waals surface area contributed by atoms with Gasteiger partial charge in [-0.25, -0.2) is 12.7 Å². The van der Waals surface area contributed by atoms with Gasteiger partial charge in [-0.2, -0.15) is 0 Å². The number of sulfonamides is 1. The molecule has 1 aliphatic heterocycles. The van der Waals surface area contributed by atoms with E-state index in [2.05, 4.69) is 5.32 Å². The van der Waals surface area contributed by atoms with Crippen LogP contribution in [-0.2, 0) is 14.8 Å². The summed E-state index contributed by atoms with van der Waals surface area (Å²) < 4.78 is 25.8. The number of hydrogen-bond donors (Lipinski definition) is 2. The Labute approximate surface area is 115 Å². The standard InChI is InChI=1S/C12H24N2O4S/c1-2-14(10-11-5-3-7-13-9-11)19(17,18)8-4-6-12(15)16/h11,13H,2-10H2,1H3,(H,15,16). The van der Waals surface area contributed by atoms with Gasteiger partial charge in [-0.1, -0.05) is 6.92 Å². The lowest BCUT2D eigenvalue weighted by molar-refractivity contribution is -0.137. The molecule has 6 nitrogen and oxygen atoms in total. The van der Waals surface area contributed by atoms with Crippen molar-refractivity contribution in [2.24, 2.45) is 5.92 Å². The molecule has 1 rings (SSSR count). The van der Waals surface area contributed by atoms with Gasteiger partial charge in [0.05, 0.1) is 5.75 Å². The summed E-state index contributed by atoms with van der Waals surface area (Å²) in [5, 5.41) is 11.8. The monoisotopic (exact) mass is 292 g/mol. The Balaban J connectivity index is 2.48. The second-order valence-electron chi connectivity index (χ2n) is 4.98. The van der Waals surface area contributed by atoms with Crippen LogP contribution in [0.25, 0.3) is 0 Å². The topological polar surface area (TPSA) is 86.7 Å². The van der Waals surface area contributed by atoms with Crippen LogP contribution in [0.3, 0.4) is 0 Å². The highest BCUT2D eigenvalue weighted by molar-refractivity contribution is 7.89. The first kappa shape index (κ1) is 16.4. The Morgan fingerprint density at radius 1 is 1.47 bits per heavy atom. The predicted molar refractivity (Wildman–Crippen MR) is 73.5 cm³/mol. The van der Waals surface area contributed by atoms with Crippen LogP contribution >= 0.6 is 0 Å². The number of hydrogen-bond acceptors (Lipinski definition) is 4. The van der Waals surface area contributed by atoms with Crippen molar-refractivity contribution in [2.75, 3.05) is 31.9 Å². The summed E-state index contributed by atoms with van der Waals surface area (Å²) in [5.74, 6) is -0.662. The molecule has 7 heteroatoms. The van der Waals surface area contributed by atoms with Crippen LogP contribution in [0.1, 0.15) is 32.6 Å². The first-order valence-corrected chi connectivity index (χ1v) is 8.47. The van der Waals surface area contributed by atoms with Gasteiger partial charge < -0.3 is 10.4 Å². The lowest BCUT2D eigenvalue weighted by atomic mass is 10.00. The van der Waals surface area contributed by atoms with Crippen LogP contribution in [-0.4, -0.2) is 55.7 Å². The van der Waals surface area contributed by atoms with Gasteiger partial charge in [0, 0.05) is 19.5 Å². The van der Waals surface area contributed by atoms with Crippen molar-refractivity contribution in [1.29, 1.82) is 0 Å². The van der Waals surface area contributed by atoms with Gasteiger partial charge in [-0.15, -0.1) is 0 Å². The second-order valence-corrected chi connectivity index (χ2v) is 7.06. The molecule has 0 radical (unpaired) electrons. The van der Waals surface area contributed by atoms with E-state index in [1.807, 2.05) is 6.92 Å². The van der Waals surface area contributed by atoms with Crippen molar-refractivity contribution >= 4 is 16.0 Å². The van der Waals surface area contributed by atoms with E-state index in [1.165, 1.54) is 4.31 Å². The minimum Gasteiger partial charge on any atom is -0.481 e. The summed E-state index contributed by atoms with van der Waals surface area (Å²) in [4.78, 5) is 10.4. The molecule has 19 heavy (non-hydrogen) atoms. The van der Waals surface area contributed by atoms with Crippen LogP contribution in [0, 0.1) is 5.92 Å². The summed E-state index contributed by atoms with van der Waals surface area (Å²) in [6, 6.07) is 0. The molecule has 0 saturated carbocycles. The molecule has 112 valence electrons. The van der Waals surface area contributed by atoms with Crippen LogP contribution in [0.15, 0.2) is 0 Å². The number of nitrogens with zero attached hydrogens (tertiary/aromatic N) is 1. The molecule has 2 N–H and O–H groups in total. The largest absolute Gasteiger partial charge is 0.481 e. The second kappa shape index (κ2) is 7.81. The van der Waals surface area contributed by atoms with E-state index in [4.69, 9.17) is 5.11 Å². The third-order valence-electron chi connectivity index (χ3n) is 3.40. The molecule has 0 aromatic rings. The van der Waals surface area contributed by atoms with E-state index in [0.717, 1.165) is 25.9 Å². The van der Waals surface area contributed by atoms with Crippen molar-refractivity contribution in [3.8, 4) is 0 Å². The van der Waals surface area contributed by atoms with Gasteiger partial charge in [0.25, 0.3) is 0 Å². The molecule has 1 aliphatic rings. The smallest absolute Gasteiger partial charge is 0.303 e. The summed E-state index contributed by atoms with van der Waals surface area (Å²) in [5.41, 5.74) is 0. The zero-order valence-corrected chi connectivity index (χ0v) is 12.3. The molecule has 1 saturated heterocycles. The maximum Gasteiger partial charge on any atom is 0.303 e. The van der Waals surface area contributed by atoms with E-state index < -0.39 is 16.0 Å². The number of nitrogens with one attached hydrogen (secondary N) is 1. The fourth-order valence-corrected chi connectivity index (χ4v) is 3.94. The predicted octanol–water partition coefficient (Wildman–Crippen LogP) is 0.503. The van der Waals surface area contributed by atoms with E-state index in [-0.39, 0.29) is 18.6 Å². The molecule has 1 unspecified atom stereocenters. The zero-order chi connectivity index (χ0) is 14.3. The van der Waals surface area contributed by atoms with Crippen molar-refractivity contribution in [3.05, 3.63) is 0 Å². The average Bonchev–Trinajstić information content (AvgIpc) is 2.36. The van der Waals surface area contributed by atoms with Crippen LogP contribution in [0.4, 0.5) is 0 Å². The molecule has 0 aromatic carbocycles. The lowest BCUT2D eigenvalue weighted by Crippen LogP contribution is -2.41. The highest BCUT2D eigenvalue weighted by Crippen LogP contribution is 2.15. The molecule has 0 aromatic heterocycles. The van der Waals surface area contributed by atoms with E-state index in [1.54, 1.807) is 0 Å². The summed E-state index contributed by atoms with van der Waals surface area (Å²) >= 11 is 0. The first-order chi connectivity index (χ1) is 8.95. The summed E-state index contributed by atoms with van der Waals surface area (Å²) in [7, 11) is -3.33. The van der Waals surface area contributed by atoms with Crippen LogP contribution < -0.4 is 5.32 Å². The highest BCUT2D eigenvalue weighted by atomic mass is 32.2. The van der Waals surface area contributed by atoms with Crippen molar-refractivity contribution in [1.82, 2.24) is 9.62 Å². The molecule has 1 fully saturated rings. The fraction of sp³-hybridized carbons (Fsp3) is 0.917.